The van der Waals surface area contributed by atoms with Crippen LogP contribution in [-0.2, 0) is 9.53 Å². The molecule has 0 saturated heterocycles. The highest BCUT2D eigenvalue weighted by molar-refractivity contribution is 5.74. The van der Waals surface area contributed by atoms with E-state index in [1.54, 1.807) is 6.07 Å². The Bertz CT molecular complexity index is 449. The minimum absolute atomic E-state index is 0.0145. The van der Waals surface area contributed by atoms with E-state index in [1.807, 2.05) is 0 Å². The molecule has 0 heterocycles. The van der Waals surface area contributed by atoms with Gasteiger partial charge in [0.25, 0.3) is 0 Å². The first kappa shape index (κ1) is 16.5. The second kappa shape index (κ2) is 5.83. The zero-order chi connectivity index (χ0) is 15.6. The van der Waals surface area contributed by atoms with E-state index in [1.165, 1.54) is 45.0 Å². The summed E-state index contributed by atoms with van der Waals surface area (Å²) in [6.45, 7) is 4.40. The Morgan fingerprint density at radius 1 is 1.15 bits per heavy atom. The third kappa shape index (κ3) is 4.52. The number of rotatable bonds is 3. The highest BCUT2D eigenvalue weighted by Crippen LogP contribution is 2.37. The smallest absolute Gasteiger partial charge is 0.405 e. The van der Waals surface area contributed by atoms with Gasteiger partial charge in [-0.15, -0.1) is 0 Å². The number of carbonyl (C=O) groups excluding carboxylic acids is 1. The number of esters is 1. The molecule has 1 aromatic rings. The maximum absolute atomic E-state index is 13.0. The maximum Gasteiger partial charge on any atom is 0.405 e. The molecule has 0 aliphatic rings. The Kier molecular flexibility index (Phi) is 4.81. The monoisotopic (exact) mass is 290 g/mol. The molecular formula is C14H17F3O3. The van der Waals surface area contributed by atoms with E-state index in [0.717, 1.165) is 0 Å². The van der Waals surface area contributed by atoms with Crippen LogP contribution in [0.5, 0.6) is 0 Å². The van der Waals surface area contributed by atoms with Gasteiger partial charge in [0.05, 0.1) is 0 Å². The average molecular weight is 290 g/mol. The van der Waals surface area contributed by atoms with Gasteiger partial charge in [0.15, 0.2) is 5.92 Å². The van der Waals surface area contributed by atoms with Gasteiger partial charge in [-0.1, -0.05) is 30.3 Å². The number of benzene rings is 1. The lowest BCUT2D eigenvalue weighted by molar-refractivity contribution is -0.221. The van der Waals surface area contributed by atoms with Crippen LogP contribution < -0.4 is 0 Å². The Morgan fingerprint density at radius 2 is 1.65 bits per heavy atom. The molecule has 0 fully saturated rings. The van der Waals surface area contributed by atoms with Crippen molar-refractivity contribution in [3.8, 4) is 0 Å². The van der Waals surface area contributed by atoms with Gasteiger partial charge < -0.3 is 9.84 Å². The maximum atomic E-state index is 13.0. The molecule has 0 unspecified atom stereocenters. The normalized spacial score (nSPS) is 15.6. The van der Waals surface area contributed by atoms with Crippen LogP contribution in [0.4, 0.5) is 13.2 Å². The molecule has 1 rings (SSSR count). The van der Waals surface area contributed by atoms with Gasteiger partial charge in [-0.05, 0) is 26.3 Å². The average Bonchev–Trinajstić information content (AvgIpc) is 2.25. The second-order valence-corrected chi connectivity index (χ2v) is 5.41. The van der Waals surface area contributed by atoms with E-state index in [-0.39, 0.29) is 5.56 Å². The third-order valence-electron chi connectivity index (χ3n) is 2.47. The Morgan fingerprint density at radius 3 is 2.05 bits per heavy atom. The van der Waals surface area contributed by atoms with Crippen molar-refractivity contribution in [3.63, 3.8) is 0 Å². The second-order valence-electron chi connectivity index (χ2n) is 5.41. The SMILES string of the molecule is CC(C)(C)OC(=O)[C@@H]([C@@H](O)c1ccccc1)C(F)(F)F. The number of halogens is 3. The van der Waals surface area contributed by atoms with Gasteiger partial charge in [-0.25, -0.2) is 0 Å². The highest BCUT2D eigenvalue weighted by atomic mass is 19.4. The van der Waals surface area contributed by atoms with Gasteiger partial charge in [-0.3, -0.25) is 4.79 Å². The van der Waals surface area contributed by atoms with Crippen LogP contribution in [0.2, 0.25) is 0 Å². The van der Waals surface area contributed by atoms with Crippen LogP contribution in [0.25, 0.3) is 0 Å². The number of alkyl halides is 3. The lowest BCUT2D eigenvalue weighted by Gasteiger charge is -2.28. The molecule has 3 nitrogen and oxygen atoms in total. The Balaban J connectivity index is 3.05. The van der Waals surface area contributed by atoms with Crippen LogP contribution in [0.3, 0.4) is 0 Å². The van der Waals surface area contributed by atoms with Crippen molar-refractivity contribution in [1.29, 1.82) is 0 Å². The van der Waals surface area contributed by atoms with E-state index >= 15 is 0 Å². The number of aliphatic hydroxyl groups excluding tert-OH is 1. The first-order chi connectivity index (χ1) is 9.02. The largest absolute Gasteiger partial charge is 0.459 e. The van der Waals surface area contributed by atoms with Crippen molar-refractivity contribution in [3.05, 3.63) is 35.9 Å². The molecule has 0 spiro atoms. The molecule has 0 aromatic heterocycles. The Labute approximate surface area is 115 Å². The molecule has 2 atom stereocenters. The van der Waals surface area contributed by atoms with Crippen LogP contribution in [0.15, 0.2) is 30.3 Å². The van der Waals surface area contributed by atoms with E-state index < -0.39 is 29.8 Å². The standard InChI is InChI=1S/C14H17F3O3/c1-13(2,3)20-12(19)10(14(15,16)17)11(18)9-7-5-4-6-8-9/h4-8,10-11,18H,1-3H3/t10-,11+/m1/s1. The van der Waals surface area contributed by atoms with Crippen LogP contribution in [-0.4, -0.2) is 22.9 Å². The molecule has 0 aliphatic heterocycles. The summed E-state index contributed by atoms with van der Waals surface area (Å²) >= 11 is 0. The predicted molar refractivity (Wildman–Crippen MR) is 66.8 cm³/mol. The van der Waals surface area contributed by atoms with Gasteiger partial charge in [0, 0.05) is 0 Å². The zero-order valence-corrected chi connectivity index (χ0v) is 11.4. The molecule has 112 valence electrons. The highest BCUT2D eigenvalue weighted by Gasteiger charge is 2.51. The van der Waals surface area contributed by atoms with Gasteiger partial charge >= 0.3 is 12.1 Å². The van der Waals surface area contributed by atoms with Crippen LogP contribution in [0.1, 0.15) is 32.4 Å². The molecule has 20 heavy (non-hydrogen) atoms. The molecule has 0 radical (unpaired) electrons. The van der Waals surface area contributed by atoms with Crippen molar-refractivity contribution in [2.24, 2.45) is 5.92 Å². The molecule has 1 N–H and O–H groups in total. The third-order valence-corrected chi connectivity index (χ3v) is 2.47. The van der Waals surface area contributed by atoms with Crippen molar-refractivity contribution < 1.29 is 27.8 Å². The summed E-state index contributed by atoms with van der Waals surface area (Å²) in [6.07, 6.45) is -6.89. The molecule has 6 heteroatoms. The fraction of sp³-hybridized carbons (Fsp3) is 0.500. The summed E-state index contributed by atoms with van der Waals surface area (Å²) in [7, 11) is 0. The molecule has 0 saturated carbocycles. The van der Waals surface area contributed by atoms with E-state index in [4.69, 9.17) is 4.74 Å². The summed E-state index contributed by atoms with van der Waals surface area (Å²) < 4.78 is 43.8. The van der Waals surface area contributed by atoms with Gasteiger partial charge in [0.1, 0.15) is 11.7 Å². The van der Waals surface area contributed by atoms with Crippen molar-refractivity contribution in [2.45, 2.75) is 38.7 Å². The Hall–Kier alpha value is -1.56. The number of aliphatic hydroxyl groups is 1. The van der Waals surface area contributed by atoms with Crippen LogP contribution in [0, 0.1) is 5.92 Å². The van der Waals surface area contributed by atoms with Gasteiger partial charge in [-0.2, -0.15) is 13.2 Å². The number of ether oxygens (including phenoxy) is 1. The molecule has 0 aliphatic carbocycles. The number of hydrogen-bond acceptors (Lipinski definition) is 3. The number of hydrogen-bond donors (Lipinski definition) is 1. The van der Waals surface area contributed by atoms with Crippen molar-refractivity contribution in [1.82, 2.24) is 0 Å². The summed E-state index contributed by atoms with van der Waals surface area (Å²) in [4.78, 5) is 11.7. The first-order valence-electron chi connectivity index (χ1n) is 6.05. The zero-order valence-electron chi connectivity index (χ0n) is 11.4. The molecular weight excluding hydrogens is 273 g/mol. The van der Waals surface area contributed by atoms with E-state index in [0.29, 0.717) is 0 Å². The summed E-state index contributed by atoms with van der Waals surface area (Å²) in [5.41, 5.74) is -1.04. The molecule has 1 aromatic carbocycles. The summed E-state index contributed by atoms with van der Waals surface area (Å²) in [5, 5.41) is 9.86. The van der Waals surface area contributed by atoms with Crippen molar-refractivity contribution in [2.75, 3.05) is 0 Å². The summed E-state index contributed by atoms with van der Waals surface area (Å²) in [6, 6.07) is 7.23. The topological polar surface area (TPSA) is 46.5 Å². The lowest BCUT2D eigenvalue weighted by atomic mass is 9.95. The minimum Gasteiger partial charge on any atom is -0.459 e. The minimum atomic E-state index is -4.89. The van der Waals surface area contributed by atoms with Gasteiger partial charge in [0.2, 0.25) is 0 Å². The fourth-order valence-electron chi connectivity index (χ4n) is 1.65. The van der Waals surface area contributed by atoms with E-state index in [9.17, 15) is 23.1 Å². The lowest BCUT2D eigenvalue weighted by Crippen LogP contribution is -2.40. The molecule has 0 amide bonds. The fourth-order valence-corrected chi connectivity index (χ4v) is 1.65. The van der Waals surface area contributed by atoms with Crippen molar-refractivity contribution >= 4 is 5.97 Å². The quantitative estimate of drug-likeness (QED) is 0.869. The van der Waals surface area contributed by atoms with E-state index in [2.05, 4.69) is 0 Å². The predicted octanol–water partition coefficient (Wildman–Crippen LogP) is 3.24. The molecule has 0 bridgehead atoms. The first-order valence-corrected chi connectivity index (χ1v) is 6.05. The number of carbonyl (C=O) groups is 1. The van der Waals surface area contributed by atoms with Crippen LogP contribution >= 0.6 is 0 Å². The summed E-state index contributed by atoms with van der Waals surface area (Å²) in [5.74, 6) is -4.09.